The molecule has 2 aliphatic rings. The van der Waals surface area contributed by atoms with E-state index in [1.165, 1.54) is 0 Å². The molecule has 0 aliphatic carbocycles. The van der Waals surface area contributed by atoms with Crippen LogP contribution < -0.4 is 15.2 Å². The number of nitrogens with zero attached hydrogens (tertiary/aromatic N) is 3. The van der Waals surface area contributed by atoms with Crippen LogP contribution in [-0.2, 0) is 10.2 Å². The predicted octanol–water partition coefficient (Wildman–Crippen LogP) is 2.68. The Morgan fingerprint density at radius 3 is 2.88 bits per heavy atom. The highest BCUT2D eigenvalue weighted by atomic mass is 32.2. The lowest BCUT2D eigenvalue weighted by atomic mass is 10.0. The Labute approximate surface area is 191 Å². The van der Waals surface area contributed by atoms with E-state index in [1.54, 1.807) is 24.4 Å². The Kier molecular flexibility index (Phi) is 5.37. The number of anilines is 1. The lowest BCUT2D eigenvalue weighted by Gasteiger charge is -2.35. The van der Waals surface area contributed by atoms with Crippen LogP contribution in [0.1, 0.15) is 35.3 Å². The molecular weight excluding hydrogens is 442 g/mol. The normalized spacial score (nSPS) is 19.3. The molecule has 3 N–H and O–H groups in total. The van der Waals surface area contributed by atoms with Gasteiger partial charge in [-0.25, -0.2) is 0 Å². The van der Waals surface area contributed by atoms with Gasteiger partial charge in [-0.1, -0.05) is 30.3 Å². The largest absolute Gasteiger partial charge is 0.491 e. The first-order valence-electron chi connectivity index (χ1n) is 10.7. The number of benzene rings is 2. The van der Waals surface area contributed by atoms with Crippen molar-refractivity contribution in [1.29, 1.82) is 0 Å². The first kappa shape index (κ1) is 21.2. The van der Waals surface area contributed by atoms with Crippen molar-refractivity contribution in [2.75, 3.05) is 17.9 Å². The fourth-order valence-electron chi connectivity index (χ4n) is 4.39. The quantitative estimate of drug-likeness (QED) is 0.610. The molecule has 1 amide bonds. The Morgan fingerprint density at radius 1 is 1.15 bits per heavy atom. The molecule has 10 heteroatoms. The summed E-state index contributed by atoms with van der Waals surface area (Å²) in [6.07, 6.45) is 4.35. The van der Waals surface area contributed by atoms with Crippen LogP contribution in [0.15, 0.2) is 59.1 Å². The van der Waals surface area contributed by atoms with Crippen molar-refractivity contribution in [2.45, 2.75) is 25.3 Å². The standard InChI is InChI=1S/C23H23N5O4S/c24-22-20-18(26-33(30,31)27-22)9-5-10-19(20)32-14-16-7-3-4-13-28(16)23(29)21-17-8-2-1-6-15(17)11-12-25-21/h1-2,5-6,8-12,16,26H,3-4,7,13-14H2,(H2,24,27). The van der Waals surface area contributed by atoms with Gasteiger partial charge >= 0.3 is 10.2 Å². The summed E-state index contributed by atoms with van der Waals surface area (Å²) >= 11 is 0. The van der Waals surface area contributed by atoms with E-state index >= 15 is 0 Å². The van der Waals surface area contributed by atoms with Crippen LogP contribution in [0.2, 0.25) is 0 Å². The van der Waals surface area contributed by atoms with Crippen molar-refractivity contribution in [3.63, 3.8) is 0 Å². The lowest BCUT2D eigenvalue weighted by Crippen LogP contribution is -2.47. The SMILES string of the molecule is NC1=NS(=O)(=O)Nc2cccc(OCC3CCCCN3C(=O)c3nccc4ccccc34)c21. The second-order valence-corrected chi connectivity index (χ2v) is 9.41. The van der Waals surface area contributed by atoms with Crippen molar-refractivity contribution < 1.29 is 17.9 Å². The summed E-state index contributed by atoms with van der Waals surface area (Å²) in [5.41, 5.74) is 7.06. The van der Waals surface area contributed by atoms with E-state index < -0.39 is 10.2 Å². The maximum absolute atomic E-state index is 13.5. The van der Waals surface area contributed by atoms with Crippen LogP contribution in [0.25, 0.3) is 10.8 Å². The maximum atomic E-state index is 13.5. The van der Waals surface area contributed by atoms with Gasteiger partial charge in [0.2, 0.25) is 0 Å². The molecular formula is C23H23N5O4S. The summed E-state index contributed by atoms with van der Waals surface area (Å²) in [7, 11) is -3.87. The Hall–Kier alpha value is -3.66. The van der Waals surface area contributed by atoms with E-state index in [4.69, 9.17) is 10.5 Å². The molecule has 170 valence electrons. The van der Waals surface area contributed by atoms with Gasteiger partial charge in [-0.15, -0.1) is 4.40 Å². The van der Waals surface area contributed by atoms with Crippen molar-refractivity contribution >= 4 is 38.4 Å². The van der Waals surface area contributed by atoms with Gasteiger partial charge in [-0.05, 0) is 42.8 Å². The average molecular weight is 466 g/mol. The van der Waals surface area contributed by atoms with Gasteiger partial charge in [0, 0.05) is 18.1 Å². The molecule has 9 nitrogen and oxygen atoms in total. The van der Waals surface area contributed by atoms with E-state index in [2.05, 4.69) is 14.1 Å². The van der Waals surface area contributed by atoms with Gasteiger partial charge < -0.3 is 15.4 Å². The van der Waals surface area contributed by atoms with E-state index in [1.807, 2.05) is 35.2 Å². The fourth-order valence-corrected chi connectivity index (χ4v) is 5.23. The molecule has 3 aromatic rings. The number of pyridine rings is 1. The second kappa shape index (κ2) is 8.36. The summed E-state index contributed by atoms with van der Waals surface area (Å²) in [6.45, 7) is 0.862. The second-order valence-electron chi connectivity index (χ2n) is 8.07. The van der Waals surface area contributed by atoms with Gasteiger partial charge in [0.05, 0.1) is 17.3 Å². The summed E-state index contributed by atoms with van der Waals surface area (Å²) in [5, 5.41) is 1.79. The number of piperidine rings is 1. The third-order valence-corrected chi connectivity index (χ3v) is 6.85. The Morgan fingerprint density at radius 2 is 2.00 bits per heavy atom. The number of amidine groups is 1. The van der Waals surface area contributed by atoms with Crippen LogP contribution in [0.3, 0.4) is 0 Å². The first-order valence-corrected chi connectivity index (χ1v) is 12.2. The minimum absolute atomic E-state index is 0.121. The van der Waals surface area contributed by atoms with Gasteiger partial charge in [-0.3, -0.25) is 14.5 Å². The van der Waals surface area contributed by atoms with Crippen molar-refractivity contribution in [3.8, 4) is 5.75 Å². The molecule has 0 radical (unpaired) electrons. The number of rotatable bonds is 4. The van der Waals surface area contributed by atoms with Gasteiger partial charge in [0.25, 0.3) is 5.91 Å². The predicted molar refractivity (Wildman–Crippen MR) is 126 cm³/mol. The number of carbonyl (C=O) groups is 1. The molecule has 1 fully saturated rings. The number of likely N-dealkylation sites (tertiary alicyclic amines) is 1. The highest BCUT2D eigenvalue weighted by Gasteiger charge is 2.31. The van der Waals surface area contributed by atoms with Crippen molar-refractivity contribution in [2.24, 2.45) is 10.1 Å². The third kappa shape index (κ3) is 4.09. The Balaban J connectivity index is 1.40. The summed E-state index contributed by atoms with van der Waals surface area (Å²) < 4.78 is 35.6. The lowest BCUT2D eigenvalue weighted by molar-refractivity contribution is 0.0524. The number of aromatic nitrogens is 1. The molecule has 2 aliphatic heterocycles. The van der Waals surface area contributed by atoms with E-state index in [0.29, 0.717) is 29.2 Å². The number of nitrogens with two attached hydrogens (primary N) is 1. The summed E-state index contributed by atoms with van der Waals surface area (Å²) in [4.78, 5) is 19.7. The zero-order valence-corrected chi connectivity index (χ0v) is 18.6. The highest BCUT2D eigenvalue weighted by molar-refractivity contribution is 7.91. The van der Waals surface area contributed by atoms with Crippen LogP contribution in [0, 0.1) is 0 Å². The third-order valence-electron chi connectivity index (χ3n) is 5.94. The van der Waals surface area contributed by atoms with Gasteiger partial charge in [0.15, 0.2) is 5.84 Å². The molecule has 0 saturated carbocycles. The van der Waals surface area contributed by atoms with Crippen molar-refractivity contribution in [1.82, 2.24) is 9.88 Å². The highest BCUT2D eigenvalue weighted by Crippen LogP contribution is 2.31. The molecule has 1 saturated heterocycles. The number of ether oxygens (including phenoxy) is 1. The van der Waals surface area contributed by atoms with Crippen molar-refractivity contribution in [3.05, 3.63) is 66.0 Å². The topological polar surface area (TPSA) is 127 Å². The number of amides is 1. The maximum Gasteiger partial charge on any atom is 0.344 e. The van der Waals surface area contributed by atoms with E-state index in [-0.39, 0.29) is 24.4 Å². The smallest absolute Gasteiger partial charge is 0.344 e. The molecule has 5 rings (SSSR count). The first-order chi connectivity index (χ1) is 15.9. The molecule has 1 unspecified atom stereocenters. The monoisotopic (exact) mass is 465 g/mol. The number of hydrogen-bond donors (Lipinski definition) is 2. The number of nitrogens with one attached hydrogen (secondary N) is 1. The summed E-state index contributed by atoms with van der Waals surface area (Å²) in [6, 6.07) is 14.4. The average Bonchev–Trinajstić information content (AvgIpc) is 2.81. The van der Waals surface area contributed by atoms with Gasteiger partial charge in [-0.2, -0.15) is 8.42 Å². The van der Waals surface area contributed by atoms with Crippen LogP contribution in [-0.4, -0.2) is 49.2 Å². The minimum Gasteiger partial charge on any atom is -0.491 e. The zero-order chi connectivity index (χ0) is 23.0. The minimum atomic E-state index is -3.87. The number of carbonyl (C=O) groups excluding carboxylic acids is 1. The molecule has 1 atom stereocenters. The van der Waals surface area contributed by atoms with Gasteiger partial charge in [0.1, 0.15) is 18.1 Å². The summed E-state index contributed by atoms with van der Waals surface area (Å²) in [5.74, 6) is 0.164. The fraction of sp³-hybridized carbons (Fsp3) is 0.261. The van der Waals surface area contributed by atoms with Crippen LogP contribution in [0.4, 0.5) is 5.69 Å². The zero-order valence-electron chi connectivity index (χ0n) is 17.8. The molecule has 0 bridgehead atoms. The molecule has 3 heterocycles. The van der Waals surface area contributed by atoms with Crippen LogP contribution >= 0.6 is 0 Å². The number of hydrogen-bond acceptors (Lipinski definition) is 6. The molecule has 1 aromatic heterocycles. The number of fused-ring (bicyclic) bond motifs is 2. The molecule has 33 heavy (non-hydrogen) atoms. The molecule has 2 aromatic carbocycles. The van der Waals surface area contributed by atoms with E-state index in [9.17, 15) is 13.2 Å². The van der Waals surface area contributed by atoms with Crippen LogP contribution in [0.5, 0.6) is 5.75 Å². The molecule has 0 spiro atoms. The Bertz CT molecular complexity index is 1370. The van der Waals surface area contributed by atoms with E-state index in [0.717, 1.165) is 30.0 Å².